The Kier molecular flexibility index (Phi) is 8.12. The maximum atomic E-state index is 5.00. The average molecular weight is 830 g/mol. The van der Waals surface area contributed by atoms with Gasteiger partial charge in [0.1, 0.15) is 5.65 Å². The Hall–Kier alpha value is -5.12. The van der Waals surface area contributed by atoms with Crippen LogP contribution in [0.15, 0.2) is 128 Å². The summed E-state index contributed by atoms with van der Waals surface area (Å²) in [4.78, 5) is 7.17. The summed E-state index contributed by atoms with van der Waals surface area (Å²) < 4.78 is 4.53. The van der Waals surface area contributed by atoms with Gasteiger partial charge in [-0.1, -0.05) is 99.2 Å². The SMILES string of the molecule is CC(C)c1cccc(C(C)C)c1N1C=C[N-]C1c1[c-]c(-n2c3[c-]c(-n4c5ccccc5c5cccnc54)ccc3c3ccccc32)ccc1.[Pt]. The number of fused-ring (bicyclic) bond motifs is 6. The van der Waals surface area contributed by atoms with Gasteiger partial charge in [0.15, 0.2) is 0 Å². The second-order valence-corrected chi connectivity index (χ2v) is 13.5. The van der Waals surface area contributed by atoms with Crippen LogP contribution in [0.5, 0.6) is 0 Å². The fourth-order valence-corrected chi connectivity index (χ4v) is 7.64. The van der Waals surface area contributed by atoms with E-state index in [4.69, 9.17) is 10.3 Å². The van der Waals surface area contributed by atoms with E-state index in [1.165, 1.54) is 27.6 Å². The summed E-state index contributed by atoms with van der Waals surface area (Å²) in [7, 11) is 0. The van der Waals surface area contributed by atoms with Gasteiger partial charge in [-0.25, -0.2) is 4.98 Å². The summed E-state index contributed by atoms with van der Waals surface area (Å²) in [6.07, 6.45) is 5.71. The molecule has 250 valence electrons. The molecule has 0 fully saturated rings. The fraction of sp³-hybridized carbons (Fsp3) is 0.159. The van der Waals surface area contributed by atoms with E-state index in [9.17, 15) is 0 Å². The van der Waals surface area contributed by atoms with E-state index >= 15 is 0 Å². The van der Waals surface area contributed by atoms with Crippen LogP contribution >= 0.6 is 0 Å². The van der Waals surface area contributed by atoms with E-state index in [1.54, 1.807) is 0 Å². The standard InChI is InChI=1S/C44H36N5.Pt/c1-28(2)33-16-10-17-34(29(3)4)42(33)47-25-24-46-43(47)30-12-9-13-31(26-30)48-39-19-7-5-14-35(39)37-22-21-32(27-41(37)48)49-40-20-8-6-15-36(40)38-18-11-23-45-44(38)49;/h5-25,28-29,43H,1-4H3;/q-3;. The van der Waals surface area contributed by atoms with Gasteiger partial charge in [0.25, 0.3) is 0 Å². The minimum atomic E-state index is -0.214. The molecule has 8 aromatic rings. The number of para-hydroxylation sites is 3. The number of anilines is 1. The zero-order chi connectivity index (χ0) is 33.2. The van der Waals surface area contributed by atoms with Gasteiger partial charge in [0.2, 0.25) is 0 Å². The molecule has 0 spiro atoms. The summed E-state index contributed by atoms with van der Waals surface area (Å²) in [5, 5.41) is 9.64. The summed E-state index contributed by atoms with van der Waals surface area (Å²) >= 11 is 0. The van der Waals surface area contributed by atoms with Gasteiger partial charge in [-0.3, -0.25) is 0 Å². The maximum Gasteiger partial charge on any atom is 0.143 e. The predicted octanol–water partition coefficient (Wildman–Crippen LogP) is 11.5. The van der Waals surface area contributed by atoms with Gasteiger partial charge in [-0.15, -0.1) is 23.6 Å². The third-order valence-electron chi connectivity index (χ3n) is 9.88. The summed E-state index contributed by atoms with van der Waals surface area (Å²) in [5.74, 6) is 0.761. The van der Waals surface area contributed by atoms with Crippen molar-refractivity contribution in [1.29, 1.82) is 0 Å². The van der Waals surface area contributed by atoms with E-state index < -0.39 is 0 Å². The molecule has 50 heavy (non-hydrogen) atoms. The van der Waals surface area contributed by atoms with E-state index in [0.717, 1.165) is 49.9 Å². The first kappa shape index (κ1) is 32.1. The molecule has 5 nitrogen and oxygen atoms in total. The first-order valence-corrected chi connectivity index (χ1v) is 17.1. The molecule has 1 aliphatic rings. The number of benzene rings is 5. The van der Waals surface area contributed by atoms with Crippen molar-refractivity contribution in [2.45, 2.75) is 45.7 Å². The van der Waals surface area contributed by atoms with Gasteiger partial charge in [0, 0.05) is 49.2 Å². The van der Waals surface area contributed by atoms with Crippen LogP contribution in [0.1, 0.15) is 62.4 Å². The number of nitrogens with zero attached hydrogens (tertiary/aromatic N) is 5. The smallest absolute Gasteiger partial charge is 0.143 e. The van der Waals surface area contributed by atoms with E-state index in [1.807, 2.05) is 18.5 Å². The van der Waals surface area contributed by atoms with Gasteiger partial charge < -0.3 is 19.4 Å². The topological polar surface area (TPSA) is 40.1 Å². The van der Waals surface area contributed by atoms with Crippen LogP contribution < -0.4 is 4.90 Å². The van der Waals surface area contributed by atoms with Crippen molar-refractivity contribution in [3.63, 3.8) is 0 Å². The predicted molar refractivity (Wildman–Crippen MR) is 203 cm³/mol. The van der Waals surface area contributed by atoms with Crippen molar-refractivity contribution in [2.24, 2.45) is 0 Å². The van der Waals surface area contributed by atoms with E-state index in [-0.39, 0.29) is 27.2 Å². The summed E-state index contributed by atoms with van der Waals surface area (Å²) in [5.41, 5.74) is 11.0. The molecular formula is C44H36N5Pt-3. The minimum absolute atomic E-state index is 0. The molecule has 9 rings (SSSR count). The van der Waals surface area contributed by atoms with Crippen LogP contribution in [0.25, 0.3) is 60.4 Å². The largest absolute Gasteiger partial charge is 0.668 e. The van der Waals surface area contributed by atoms with Crippen LogP contribution in [0.2, 0.25) is 0 Å². The first-order valence-electron chi connectivity index (χ1n) is 17.1. The second-order valence-electron chi connectivity index (χ2n) is 13.5. The molecule has 5 aromatic carbocycles. The molecule has 0 saturated heterocycles. The average Bonchev–Trinajstić information content (AvgIpc) is 3.84. The monoisotopic (exact) mass is 829 g/mol. The van der Waals surface area contributed by atoms with Gasteiger partial charge >= 0.3 is 0 Å². The molecule has 0 saturated carbocycles. The Balaban J connectivity index is 0.00000361. The molecule has 0 amide bonds. The summed E-state index contributed by atoms with van der Waals surface area (Å²) in [6.45, 7) is 9.07. The summed E-state index contributed by atoms with van der Waals surface area (Å²) in [6, 6.07) is 46.5. The zero-order valence-electron chi connectivity index (χ0n) is 28.4. The Morgan fingerprint density at radius 3 is 2.00 bits per heavy atom. The maximum absolute atomic E-state index is 5.00. The molecule has 3 aromatic heterocycles. The quantitative estimate of drug-likeness (QED) is 0.157. The normalized spacial score (nSPS) is 14.4. The van der Waals surface area contributed by atoms with Crippen LogP contribution in [0.3, 0.4) is 0 Å². The van der Waals surface area contributed by atoms with Crippen molar-refractivity contribution in [2.75, 3.05) is 4.90 Å². The first-order chi connectivity index (χ1) is 24.0. The zero-order valence-corrected chi connectivity index (χ0v) is 30.7. The molecule has 0 bridgehead atoms. The van der Waals surface area contributed by atoms with Gasteiger partial charge in [-0.2, -0.15) is 36.0 Å². The molecular weight excluding hydrogens is 794 g/mol. The third-order valence-corrected chi connectivity index (χ3v) is 9.88. The van der Waals surface area contributed by atoms with Crippen molar-refractivity contribution >= 4 is 49.4 Å². The molecule has 4 heterocycles. The Morgan fingerprint density at radius 2 is 1.26 bits per heavy atom. The molecule has 6 heteroatoms. The number of hydrogen-bond acceptors (Lipinski definition) is 2. The molecule has 1 aliphatic heterocycles. The molecule has 1 unspecified atom stereocenters. The van der Waals surface area contributed by atoms with Crippen LogP contribution in [-0.2, 0) is 21.1 Å². The molecule has 0 N–H and O–H groups in total. The van der Waals surface area contributed by atoms with Crippen molar-refractivity contribution in [3.8, 4) is 11.4 Å². The Bertz CT molecular complexity index is 2490. The van der Waals surface area contributed by atoms with Crippen LogP contribution in [0, 0.1) is 12.1 Å². The Morgan fingerprint density at radius 1 is 0.620 bits per heavy atom. The Labute approximate surface area is 307 Å². The number of rotatable bonds is 6. The second kappa shape index (κ2) is 12.6. The molecule has 0 radical (unpaired) electrons. The minimum Gasteiger partial charge on any atom is -0.668 e. The van der Waals surface area contributed by atoms with E-state index in [0.29, 0.717) is 11.8 Å². The van der Waals surface area contributed by atoms with Crippen molar-refractivity contribution in [3.05, 3.63) is 162 Å². The third kappa shape index (κ3) is 4.98. The number of pyridine rings is 1. The molecule has 1 atom stereocenters. The molecule has 0 aliphatic carbocycles. The van der Waals surface area contributed by atoms with Crippen LogP contribution in [-0.4, -0.2) is 14.1 Å². The van der Waals surface area contributed by atoms with Gasteiger partial charge in [0.05, 0.1) is 5.52 Å². The van der Waals surface area contributed by atoms with Crippen molar-refractivity contribution in [1.82, 2.24) is 14.1 Å². The van der Waals surface area contributed by atoms with Crippen LogP contribution in [0.4, 0.5) is 5.69 Å². The van der Waals surface area contributed by atoms with E-state index in [2.05, 4.69) is 163 Å². The number of hydrogen-bond donors (Lipinski definition) is 0. The fourth-order valence-electron chi connectivity index (χ4n) is 7.64. The number of aromatic nitrogens is 3. The van der Waals surface area contributed by atoms with Gasteiger partial charge in [-0.05, 0) is 65.0 Å². The van der Waals surface area contributed by atoms with Crippen molar-refractivity contribution < 1.29 is 21.1 Å².